The molecule has 0 saturated carbocycles. The second kappa shape index (κ2) is 6.89. The molecule has 0 amide bonds. The number of nitrogens with two attached hydrogens (primary N) is 1. The van der Waals surface area contributed by atoms with E-state index in [1.54, 1.807) is 0 Å². The molecule has 0 bridgehead atoms. The molecule has 0 spiro atoms. The highest BCUT2D eigenvalue weighted by Crippen LogP contribution is 2.32. The quantitative estimate of drug-likeness (QED) is 0.838. The van der Waals surface area contributed by atoms with Gasteiger partial charge in [0.25, 0.3) is 0 Å². The Kier molecular flexibility index (Phi) is 5.82. The summed E-state index contributed by atoms with van der Waals surface area (Å²) in [5.41, 5.74) is 6.96. The molecule has 0 saturated heterocycles. The Morgan fingerprint density at radius 3 is 2.82 bits per heavy atom. The lowest BCUT2D eigenvalue weighted by atomic mass is 10.1. The van der Waals surface area contributed by atoms with Gasteiger partial charge in [-0.25, -0.2) is 0 Å². The van der Waals surface area contributed by atoms with Crippen molar-refractivity contribution in [1.29, 1.82) is 0 Å². The van der Waals surface area contributed by atoms with E-state index in [2.05, 4.69) is 4.74 Å². The fourth-order valence-electron chi connectivity index (χ4n) is 1.45. The highest BCUT2D eigenvalue weighted by Gasteiger charge is 2.18. The molecule has 0 heterocycles. The minimum absolute atomic E-state index is 0.0350. The van der Waals surface area contributed by atoms with Crippen molar-refractivity contribution in [2.24, 2.45) is 5.73 Å². The van der Waals surface area contributed by atoms with E-state index in [0.29, 0.717) is 5.02 Å². The lowest BCUT2D eigenvalue weighted by Gasteiger charge is -2.20. The number of benzene rings is 1. The van der Waals surface area contributed by atoms with Crippen LogP contribution in [0.3, 0.4) is 0 Å². The first-order valence-electron chi connectivity index (χ1n) is 5.24. The summed E-state index contributed by atoms with van der Waals surface area (Å²) in [5, 5.41) is 0.708. The van der Waals surface area contributed by atoms with Gasteiger partial charge in [0, 0.05) is 16.3 Å². The lowest BCUT2D eigenvalue weighted by molar-refractivity contribution is -0.137. The first-order chi connectivity index (χ1) is 8.04. The van der Waals surface area contributed by atoms with Gasteiger partial charge in [-0.05, 0) is 24.6 Å². The fraction of sp³-hybridized carbons (Fsp3) is 0.417. The predicted molar refractivity (Wildman–Crippen MR) is 72.3 cm³/mol. The topological polar surface area (TPSA) is 52.3 Å². The van der Waals surface area contributed by atoms with Crippen LogP contribution in [0.5, 0.6) is 0 Å². The van der Waals surface area contributed by atoms with Crippen LogP contribution in [0.25, 0.3) is 0 Å². The van der Waals surface area contributed by atoms with Crippen molar-refractivity contribution < 1.29 is 9.53 Å². The molecule has 2 N–H and O–H groups in total. The van der Waals surface area contributed by atoms with E-state index in [1.165, 1.54) is 18.9 Å². The molecule has 3 nitrogen and oxygen atoms in total. The molecule has 1 aromatic rings. The maximum absolute atomic E-state index is 11.1. The number of rotatable bonds is 5. The van der Waals surface area contributed by atoms with Gasteiger partial charge in [0.1, 0.15) is 0 Å². The van der Waals surface area contributed by atoms with Crippen LogP contribution >= 0.6 is 23.4 Å². The zero-order valence-electron chi connectivity index (χ0n) is 9.85. The normalized spacial score (nSPS) is 14.1. The minimum Gasteiger partial charge on any atom is -0.468 e. The van der Waals surface area contributed by atoms with Crippen LogP contribution in [0.15, 0.2) is 24.3 Å². The molecule has 17 heavy (non-hydrogen) atoms. The second-order valence-corrected chi connectivity index (χ2v) is 5.29. The van der Waals surface area contributed by atoms with E-state index in [9.17, 15) is 4.79 Å². The van der Waals surface area contributed by atoms with E-state index in [-0.39, 0.29) is 23.0 Å². The monoisotopic (exact) mass is 273 g/mol. The summed E-state index contributed by atoms with van der Waals surface area (Å²) in [5.74, 6) is 0.0394. The van der Waals surface area contributed by atoms with Gasteiger partial charge in [0.2, 0.25) is 0 Å². The van der Waals surface area contributed by atoms with Crippen molar-refractivity contribution in [3.8, 4) is 0 Å². The van der Waals surface area contributed by atoms with Gasteiger partial charge in [-0.3, -0.25) is 4.79 Å². The number of hydrogen-bond acceptors (Lipinski definition) is 4. The highest BCUT2D eigenvalue weighted by molar-refractivity contribution is 8.00. The summed E-state index contributed by atoms with van der Waals surface area (Å²) in [4.78, 5) is 11.1. The fourth-order valence-corrected chi connectivity index (χ4v) is 2.73. The Morgan fingerprint density at radius 1 is 1.59 bits per heavy atom. The molecule has 0 aliphatic heterocycles. The number of thioether (sulfide) groups is 1. The van der Waals surface area contributed by atoms with E-state index in [1.807, 2.05) is 31.2 Å². The first kappa shape index (κ1) is 14.4. The number of halogens is 1. The predicted octanol–water partition coefficient (Wildman–Crippen LogP) is 2.63. The van der Waals surface area contributed by atoms with Gasteiger partial charge < -0.3 is 10.5 Å². The van der Waals surface area contributed by atoms with E-state index in [4.69, 9.17) is 17.3 Å². The van der Waals surface area contributed by atoms with Crippen LogP contribution in [0.2, 0.25) is 5.02 Å². The van der Waals surface area contributed by atoms with Crippen molar-refractivity contribution in [1.82, 2.24) is 0 Å². The molecule has 2 unspecified atom stereocenters. The van der Waals surface area contributed by atoms with Gasteiger partial charge in [0.15, 0.2) is 0 Å². The van der Waals surface area contributed by atoms with Crippen molar-refractivity contribution in [2.45, 2.75) is 18.2 Å². The average molecular weight is 274 g/mol. The molecule has 0 radical (unpaired) electrons. The Morgan fingerprint density at radius 2 is 2.29 bits per heavy atom. The third-order valence-corrected chi connectivity index (χ3v) is 3.96. The second-order valence-electron chi connectivity index (χ2n) is 3.72. The Labute approximate surface area is 111 Å². The van der Waals surface area contributed by atoms with Gasteiger partial charge in [-0.15, -0.1) is 11.8 Å². The van der Waals surface area contributed by atoms with E-state index in [0.717, 1.165) is 5.56 Å². The molecule has 2 atom stereocenters. The molecule has 0 aliphatic rings. The number of carbonyl (C=O) groups is 1. The molecule has 1 rings (SSSR count). The van der Waals surface area contributed by atoms with Crippen LogP contribution < -0.4 is 5.73 Å². The molecular weight excluding hydrogens is 258 g/mol. The number of carbonyl (C=O) groups excluding carboxylic acids is 1. The van der Waals surface area contributed by atoms with Crippen molar-refractivity contribution >= 4 is 29.3 Å². The average Bonchev–Trinajstić information content (AvgIpc) is 2.28. The van der Waals surface area contributed by atoms with Gasteiger partial charge in [-0.2, -0.15) is 0 Å². The summed E-state index contributed by atoms with van der Waals surface area (Å²) < 4.78 is 4.61. The van der Waals surface area contributed by atoms with Gasteiger partial charge in [-0.1, -0.05) is 23.7 Å². The minimum atomic E-state index is -0.248. The molecule has 0 aromatic heterocycles. The zero-order valence-corrected chi connectivity index (χ0v) is 11.4. The van der Waals surface area contributed by atoms with Crippen molar-refractivity contribution in [3.63, 3.8) is 0 Å². The van der Waals surface area contributed by atoms with Crippen LogP contribution in [-0.4, -0.2) is 24.9 Å². The molecule has 0 aliphatic carbocycles. The lowest BCUT2D eigenvalue weighted by Crippen LogP contribution is -2.23. The van der Waals surface area contributed by atoms with E-state index < -0.39 is 0 Å². The van der Waals surface area contributed by atoms with Gasteiger partial charge in [0.05, 0.1) is 12.9 Å². The summed E-state index contributed by atoms with van der Waals surface area (Å²) in [6.45, 7) is 1.91. The number of hydrogen-bond donors (Lipinski definition) is 1. The van der Waals surface area contributed by atoms with Crippen LogP contribution in [0.1, 0.15) is 17.7 Å². The third kappa shape index (κ3) is 4.58. The summed E-state index contributed by atoms with van der Waals surface area (Å²) in [7, 11) is 1.38. The smallest absolute Gasteiger partial charge is 0.315 e. The maximum Gasteiger partial charge on any atom is 0.315 e. The highest BCUT2D eigenvalue weighted by atomic mass is 35.5. The largest absolute Gasteiger partial charge is 0.468 e. The third-order valence-electron chi connectivity index (χ3n) is 2.26. The van der Waals surface area contributed by atoms with Crippen molar-refractivity contribution in [3.05, 3.63) is 34.9 Å². The van der Waals surface area contributed by atoms with Crippen LogP contribution in [-0.2, 0) is 9.53 Å². The Hall–Kier alpha value is -0.710. The standard InChI is InChI=1S/C12H16ClNO2S/c1-8(14)12(17-7-11(15)16-2)9-4-3-5-10(13)6-9/h3-6,8,12H,7,14H2,1-2H3. The van der Waals surface area contributed by atoms with Crippen LogP contribution in [0, 0.1) is 0 Å². The summed E-state index contributed by atoms with van der Waals surface area (Å²) in [6, 6.07) is 7.47. The molecule has 0 fully saturated rings. The molecule has 94 valence electrons. The molecule has 1 aromatic carbocycles. The zero-order chi connectivity index (χ0) is 12.8. The van der Waals surface area contributed by atoms with Gasteiger partial charge >= 0.3 is 5.97 Å². The van der Waals surface area contributed by atoms with Crippen LogP contribution in [0.4, 0.5) is 0 Å². The number of ether oxygens (including phenoxy) is 1. The Balaban J connectivity index is 2.75. The SMILES string of the molecule is COC(=O)CSC(c1cccc(Cl)c1)C(C)N. The number of methoxy groups -OCH3 is 1. The molecule has 5 heteroatoms. The van der Waals surface area contributed by atoms with Crippen molar-refractivity contribution in [2.75, 3.05) is 12.9 Å². The molecular formula is C12H16ClNO2S. The summed E-state index contributed by atoms with van der Waals surface area (Å²) in [6.07, 6.45) is 0. The first-order valence-corrected chi connectivity index (χ1v) is 6.66. The Bertz CT molecular complexity index is 385. The van der Waals surface area contributed by atoms with E-state index >= 15 is 0 Å². The maximum atomic E-state index is 11.1. The summed E-state index contributed by atoms with van der Waals surface area (Å²) >= 11 is 7.41. The number of esters is 1.